The van der Waals surface area contributed by atoms with Gasteiger partial charge >= 0.3 is 5.97 Å². The second-order valence-electron chi connectivity index (χ2n) is 3.40. The average molecular weight is 229 g/mol. The summed E-state index contributed by atoms with van der Waals surface area (Å²) in [4.78, 5) is 28.9. The van der Waals surface area contributed by atoms with Crippen LogP contribution in [-0.4, -0.2) is 36.0 Å². The van der Waals surface area contributed by atoms with Gasteiger partial charge in [0.25, 0.3) is 0 Å². The molecule has 0 aliphatic heterocycles. The molecule has 7 nitrogen and oxygen atoms in total. The highest BCUT2D eigenvalue weighted by Crippen LogP contribution is 2.22. The van der Waals surface area contributed by atoms with Crippen molar-refractivity contribution in [1.82, 2.24) is 24.9 Å². The van der Waals surface area contributed by atoms with E-state index in [1.54, 1.807) is 12.4 Å². The van der Waals surface area contributed by atoms with Crippen LogP contribution in [0.1, 0.15) is 10.5 Å². The van der Waals surface area contributed by atoms with Crippen molar-refractivity contribution < 1.29 is 9.90 Å². The molecular formula is C10H7N5O2. The molecule has 84 valence electrons. The molecule has 0 spiro atoms. The van der Waals surface area contributed by atoms with Crippen LogP contribution in [0.25, 0.3) is 22.6 Å². The van der Waals surface area contributed by atoms with Gasteiger partial charge in [-0.05, 0) is 6.07 Å². The van der Waals surface area contributed by atoms with E-state index in [1.165, 1.54) is 12.4 Å². The summed E-state index contributed by atoms with van der Waals surface area (Å²) in [6.07, 6.45) is 4.70. The summed E-state index contributed by atoms with van der Waals surface area (Å²) in [5.74, 6) is -0.598. The number of imidazole rings is 2. The molecule has 3 N–H and O–H groups in total. The highest BCUT2D eigenvalue weighted by Gasteiger charge is 2.15. The highest BCUT2D eigenvalue weighted by molar-refractivity contribution is 5.94. The van der Waals surface area contributed by atoms with Crippen molar-refractivity contribution in [3.63, 3.8) is 0 Å². The van der Waals surface area contributed by atoms with Crippen molar-refractivity contribution in [3.8, 4) is 11.5 Å². The number of aromatic carboxylic acids is 1. The standard InChI is InChI=1S/C10H7N5O2/c16-10(17)6-3-5-7(14-4-13-5)8(15-6)9-11-1-2-12-9/h1-4H,(H,11,12)(H,13,14)(H,16,17). The van der Waals surface area contributed by atoms with Crippen molar-refractivity contribution in [2.75, 3.05) is 0 Å². The second-order valence-corrected chi connectivity index (χ2v) is 3.40. The average Bonchev–Trinajstić information content (AvgIpc) is 2.98. The molecule has 0 radical (unpaired) electrons. The zero-order valence-corrected chi connectivity index (χ0v) is 8.51. The van der Waals surface area contributed by atoms with Gasteiger partial charge in [-0.3, -0.25) is 0 Å². The Morgan fingerprint density at radius 2 is 2.18 bits per heavy atom. The lowest BCUT2D eigenvalue weighted by atomic mass is 10.2. The van der Waals surface area contributed by atoms with E-state index in [0.717, 1.165) is 0 Å². The minimum absolute atomic E-state index is 0.0480. The maximum Gasteiger partial charge on any atom is 0.354 e. The van der Waals surface area contributed by atoms with Gasteiger partial charge in [-0.25, -0.2) is 19.7 Å². The number of nitrogens with zero attached hydrogens (tertiary/aromatic N) is 3. The van der Waals surface area contributed by atoms with Gasteiger partial charge in [0.05, 0.1) is 11.8 Å². The van der Waals surface area contributed by atoms with Crippen molar-refractivity contribution in [2.24, 2.45) is 0 Å². The molecule has 0 bridgehead atoms. The molecule has 3 heterocycles. The van der Waals surface area contributed by atoms with Crippen LogP contribution in [0.5, 0.6) is 0 Å². The van der Waals surface area contributed by atoms with Crippen molar-refractivity contribution in [2.45, 2.75) is 0 Å². The van der Waals surface area contributed by atoms with Crippen LogP contribution in [0, 0.1) is 0 Å². The number of nitrogens with one attached hydrogen (secondary N) is 2. The Morgan fingerprint density at radius 3 is 2.88 bits per heavy atom. The number of carboxylic acids is 1. The van der Waals surface area contributed by atoms with Gasteiger partial charge in [0.1, 0.15) is 11.2 Å². The largest absolute Gasteiger partial charge is 0.477 e. The monoisotopic (exact) mass is 229 g/mol. The molecule has 17 heavy (non-hydrogen) atoms. The van der Waals surface area contributed by atoms with Crippen molar-refractivity contribution in [1.29, 1.82) is 0 Å². The second kappa shape index (κ2) is 3.41. The number of pyridine rings is 1. The molecule has 0 aromatic carbocycles. The molecule has 3 aromatic rings. The highest BCUT2D eigenvalue weighted by atomic mass is 16.4. The van der Waals surface area contributed by atoms with Crippen LogP contribution in [-0.2, 0) is 0 Å². The summed E-state index contributed by atoms with van der Waals surface area (Å²) >= 11 is 0. The maximum atomic E-state index is 11.0. The lowest BCUT2D eigenvalue weighted by Gasteiger charge is -2.00. The van der Waals surface area contributed by atoms with Gasteiger partial charge in [0, 0.05) is 12.4 Å². The zero-order valence-electron chi connectivity index (χ0n) is 8.51. The number of fused-ring (bicyclic) bond motifs is 1. The van der Waals surface area contributed by atoms with Gasteiger partial charge in [0.2, 0.25) is 0 Å². The van der Waals surface area contributed by atoms with E-state index in [1.807, 2.05) is 0 Å². The predicted molar refractivity (Wildman–Crippen MR) is 58.4 cm³/mol. The third kappa shape index (κ3) is 1.44. The minimum atomic E-state index is -1.09. The molecule has 0 aliphatic rings. The van der Waals surface area contributed by atoms with Gasteiger partial charge < -0.3 is 15.1 Å². The SMILES string of the molecule is O=C(O)c1cc2[nH]cnc2c(-c2ncc[nH]2)n1. The molecule has 0 saturated heterocycles. The molecular weight excluding hydrogens is 222 g/mol. The van der Waals surface area contributed by atoms with Crippen molar-refractivity contribution in [3.05, 3.63) is 30.5 Å². The molecule has 0 aliphatic carbocycles. The minimum Gasteiger partial charge on any atom is -0.477 e. The van der Waals surface area contributed by atoms with E-state index in [-0.39, 0.29) is 5.69 Å². The molecule has 0 saturated carbocycles. The first-order chi connectivity index (χ1) is 8.25. The fraction of sp³-hybridized carbons (Fsp3) is 0. The fourth-order valence-corrected chi connectivity index (χ4v) is 1.61. The van der Waals surface area contributed by atoms with E-state index in [2.05, 4.69) is 24.9 Å². The number of H-pyrrole nitrogens is 2. The number of aromatic nitrogens is 5. The number of aromatic amines is 2. The Labute approximate surface area is 94.6 Å². The van der Waals surface area contributed by atoms with Crippen LogP contribution in [0.4, 0.5) is 0 Å². The van der Waals surface area contributed by atoms with Crippen LogP contribution < -0.4 is 0 Å². The molecule has 3 aromatic heterocycles. The summed E-state index contributed by atoms with van der Waals surface area (Å²) in [7, 11) is 0. The fourth-order valence-electron chi connectivity index (χ4n) is 1.61. The van der Waals surface area contributed by atoms with E-state index in [9.17, 15) is 4.79 Å². The summed E-state index contributed by atoms with van der Waals surface area (Å²) in [5.41, 5.74) is 1.58. The van der Waals surface area contributed by atoms with Gasteiger partial charge in [0.15, 0.2) is 11.5 Å². The van der Waals surface area contributed by atoms with E-state index >= 15 is 0 Å². The van der Waals surface area contributed by atoms with Gasteiger partial charge in [-0.15, -0.1) is 0 Å². The Bertz CT molecular complexity index is 686. The molecule has 7 heteroatoms. The number of rotatable bonds is 2. The zero-order chi connectivity index (χ0) is 11.8. The smallest absolute Gasteiger partial charge is 0.354 e. The molecule has 0 fully saturated rings. The lowest BCUT2D eigenvalue weighted by Crippen LogP contribution is -2.02. The van der Waals surface area contributed by atoms with Crippen LogP contribution >= 0.6 is 0 Å². The molecule has 0 unspecified atom stereocenters. The molecule has 0 atom stereocenters. The Hall–Kier alpha value is -2.70. The summed E-state index contributed by atoms with van der Waals surface area (Å²) in [6.45, 7) is 0. The predicted octanol–water partition coefficient (Wildman–Crippen LogP) is 1.05. The van der Waals surface area contributed by atoms with Crippen molar-refractivity contribution >= 4 is 17.0 Å². The Balaban J connectivity index is 2.35. The van der Waals surface area contributed by atoms with Crippen LogP contribution in [0.15, 0.2) is 24.8 Å². The summed E-state index contributed by atoms with van der Waals surface area (Å²) in [6, 6.07) is 1.44. The number of carboxylic acid groups (broad SMARTS) is 1. The first-order valence-corrected chi connectivity index (χ1v) is 4.83. The topological polar surface area (TPSA) is 108 Å². The number of hydrogen-bond acceptors (Lipinski definition) is 4. The van der Waals surface area contributed by atoms with Gasteiger partial charge in [-0.2, -0.15) is 0 Å². The van der Waals surface area contributed by atoms with Crippen LogP contribution in [0.3, 0.4) is 0 Å². The van der Waals surface area contributed by atoms with Gasteiger partial charge in [-0.1, -0.05) is 0 Å². The summed E-state index contributed by atoms with van der Waals surface area (Å²) in [5, 5.41) is 8.98. The molecule has 3 rings (SSSR count). The first-order valence-electron chi connectivity index (χ1n) is 4.83. The van der Waals surface area contributed by atoms with E-state index < -0.39 is 5.97 Å². The van der Waals surface area contributed by atoms with Crippen LogP contribution in [0.2, 0.25) is 0 Å². The van der Waals surface area contributed by atoms with E-state index in [4.69, 9.17) is 5.11 Å². The third-order valence-corrected chi connectivity index (χ3v) is 2.35. The normalized spacial score (nSPS) is 10.8. The molecule has 0 amide bonds. The lowest BCUT2D eigenvalue weighted by molar-refractivity contribution is 0.0691. The maximum absolute atomic E-state index is 11.0. The Morgan fingerprint density at radius 1 is 1.29 bits per heavy atom. The quantitative estimate of drug-likeness (QED) is 0.608. The Kier molecular flexibility index (Phi) is 1.91. The first kappa shape index (κ1) is 9.52. The number of hydrogen-bond donors (Lipinski definition) is 3. The summed E-state index contributed by atoms with van der Waals surface area (Å²) < 4.78 is 0. The number of carbonyl (C=O) groups is 1. The van der Waals surface area contributed by atoms with E-state index in [0.29, 0.717) is 22.6 Å². The third-order valence-electron chi connectivity index (χ3n) is 2.35.